The number of carbonyl (C=O) groups excluding carboxylic acids is 2. The molecule has 4 rings (SSSR count). The summed E-state index contributed by atoms with van der Waals surface area (Å²) in [5.41, 5.74) is 0.662. The molecule has 1 aromatic heterocycles. The van der Waals surface area contributed by atoms with Crippen LogP contribution in [0.25, 0.3) is 11.0 Å². The number of carbonyl (C=O) groups is 2. The minimum Gasteiger partial charge on any atom is -0.440 e. The second-order valence-electron chi connectivity index (χ2n) is 6.68. The van der Waals surface area contributed by atoms with E-state index in [1.165, 1.54) is 24.3 Å². The summed E-state index contributed by atoms with van der Waals surface area (Å²) in [6.07, 6.45) is -1.93. The summed E-state index contributed by atoms with van der Waals surface area (Å²) in [5, 5.41) is 8.53. The van der Waals surface area contributed by atoms with Crippen LogP contribution in [0.2, 0.25) is 0 Å². The molecule has 0 spiro atoms. The first-order chi connectivity index (χ1) is 12.3. The van der Waals surface area contributed by atoms with E-state index in [2.05, 4.69) is 10.6 Å². The van der Waals surface area contributed by atoms with Crippen LogP contribution in [-0.4, -0.2) is 36.1 Å². The topological polar surface area (TPSA) is 83.4 Å². The molecule has 2 aliphatic heterocycles. The molecule has 9 heteroatoms. The van der Waals surface area contributed by atoms with Crippen molar-refractivity contribution < 1.29 is 27.2 Å². The van der Waals surface area contributed by atoms with Gasteiger partial charge in [0.1, 0.15) is 5.58 Å². The fourth-order valence-electron chi connectivity index (χ4n) is 3.66. The predicted molar refractivity (Wildman–Crippen MR) is 86.7 cm³/mol. The van der Waals surface area contributed by atoms with Crippen LogP contribution in [0.5, 0.6) is 0 Å². The molecule has 2 saturated heterocycles. The molecule has 2 aliphatic rings. The van der Waals surface area contributed by atoms with Crippen molar-refractivity contribution in [2.24, 2.45) is 0 Å². The first-order valence-electron chi connectivity index (χ1n) is 8.28. The van der Waals surface area contributed by atoms with E-state index in [1.807, 2.05) is 0 Å². The lowest BCUT2D eigenvalue weighted by molar-refractivity contribution is -0.167. The SMILES string of the molecule is O=C(N[C@@H]1C[C@H]2CC[C@@H]1N2)c1ccc2oc(NC(=O)C(F)(F)F)cc2c1. The van der Waals surface area contributed by atoms with Gasteiger partial charge in [-0.2, -0.15) is 13.2 Å². The van der Waals surface area contributed by atoms with Gasteiger partial charge >= 0.3 is 12.1 Å². The molecule has 3 N–H and O–H groups in total. The highest BCUT2D eigenvalue weighted by molar-refractivity contribution is 6.00. The normalized spacial score (nSPS) is 24.8. The van der Waals surface area contributed by atoms with E-state index in [9.17, 15) is 22.8 Å². The Balaban J connectivity index is 1.48. The van der Waals surface area contributed by atoms with Crippen LogP contribution in [0.4, 0.5) is 19.1 Å². The molecule has 26 heavy (non-hydrogen) atoms. The smallest absolute Gasteiger partial charge is 0.440 e. The van der Waals surface area contributed by atoms with E-state index in [4.69, 9.17) is 4.42 Å². The molecule has 3 heterocycles. The molecule has 2 bridgehead atoms. The van der Waals surface area contributed by atoms with Gasteiger partial charge in [-0.15, -0.1) is 0 Å². The second kappa shape index (κ2) is 6.01. The average molecular weight is 367 g/mol. The Morgan fingerprint density at radius 1 is 1.19 bits per heavy atom. The van der Waals surface area contributed by atoms with Crippen molar-refractivity contribution in [3.05, 3.63) is 29.8 Å². The van der Waals surface area contributed by atoms with Gasteiger partial charge in [-0.3, -0.25) is 14.9 Å². The highest BCUT2D eigenvalue weighted by Gasteiger charge is 2.40. The number of hydrogen-bond donors (Lipinski definition) is 3. The van der Waals surface area contributed by atoms with Crippen molar-refractivity contribution >= 4 is 28.7 Å². The molecule has 3 atom stereocenters. The van der Waals surface area contributed by atoms with E-state index >= 15 is 0 Å². The number of fused-ring (bicyclic) bond motifs is 3. The molecule has 2 amide bonds. The zero-order chi connectivity index (χ0) is 18.5. The van der Waals surface area contributed by atoms with Crippen molar-refractivity contribution in [1.82, 2.24) is 10.6 Å². The van der Waals surface area contributed by atoms with Gasteiger partial charge in [0.2, 0.25) is 5.88 Å². The highest BCUT2D eigenvalue weighted by atomic mass is 19.4. The van der Waals surface area contributed by atoms with Gasteiger partial charge in [0, 0.05) is 35.1 Å². The highest BCUT2D eigenvalue weighted by Crippen LogP contribution is 2.29. The second-order valence-corrected chi connectivity index (χ2v) is 6.68. The molecule has 138 valence electrons. The molecule has 0 radical (unpaired) electrons. The quantitative estimate of drug-likeness (QED) is 0.779. The Kier molecular flexibility index (Phi) is 3.91. The van der Waals surface area contributed by atoms with Crippen LogP contribution < -0.4 is 16.0 Å². The van der Waals surface area contributed by atoms with Crippen LogP contribution in [0.15, 0.2) is 28.7 Å². The fraction of sp³-hybridized carbons (Fsp3) is 0.412. The lowest BCUT2D eigenvalue weighted by Gasteiger charge is -2.21. The number of nitrogens with one attached hydrogen (secondary N) is 3. The predicted octanol–water partition coefficient (Wildman–Crippen LogP) is 2.56. The first kappa shape index (κ1) is 16.9. The Morgan fingerprint density at radius 2 is 2.00 bits per heavy atom. The summed E-state index contributed by atoms with van der Waals surface area (Å²) in [5.74, 6) is -2.68. The zero-order valence-corrected chi connectivity index (χ0v) is 13.5. The standard InChI is InChI=1S/C17H16F3N3O3/c18-17(19,20)16(25)23-14-6-9-5-8(1-4-13(9)26-14)15(24)22-12-7-10-2-3-11(12)21-10/h1,4-6,10-12,21H,2-3,7H2,(H,22,24)(H,23,25)/t10-,11+,12-/m1/s1. The molecule has 2 aromatic rings. The number of anilines is 1. The third kappa shape index (κ3) is 3.14. The number of amides is 2. The summed E-state index contributed by atoms with van der Waals surface area (Å²) >= 11 is 0. The molecule has 0 aliphatic carbocycles. The van der Waals surface area contributed by atoms with Crippen molar-refractivity contribution in [3.63, 3.8) is 0 Å². The van der Waals surface area contributed by atoms with Crippen molar-refractivity contribution in [2.75, 3.05) is 5.32 Å². The summed E-state index contributed by atoms with van der Waals surface area (Å²) in [4.78, 5) is 23.4. The monoisotopic (exact) mass is 367 g/mol. The van der Waals surface area contributed by atoms with E-state index in [-0.39, 0.29) is 23.4 Å². The van der Waals surface area contributed by atoms with Gasteiger partial charge in [-0.1, -0.05) is 0 Å². The molecule has 0 unspecified atom stereocenters. The van der Waals surface area contributed by atoms with E-state index < -0.39 is 12.1 Å². The van der Waals surface area contributed by atoms with Gasteiger partial charge in [-0.05, 0) is 37.5 Å². The Hall–Kier alpha value is -2.55. The van der Waals surface area contributed by atoms with E-state index in [1.54, 1.807) is 5.32 Å². The largest absolute Gasteiger partial charge is 0.471 e. The summed E-state index contributed by atoms with van der Waals surface area (Å²) in [7, 11) is 0. The Labute approximate surface area is 146 Å². The molecular formula is C17H16F3N3O3. The molecule has 6 nitrogen and oxygen atoms in total. The van der Waals surface area contributed by atoms with Crippen LogP contribution in [-0.2, 0) is 4.79 Å². The lowest BCUT2D eigenvalue weighted by atomic mass is 9.95. The molecular weight excluding hydrogens is 351 g/mol. The van der Waals surface area contributed by atoms with Gasteiger partial charge in [0.15, 0.2) is 0 Å². The van der Waals surface area contributed by atoms with Crippen LogP contribution in [0, 0.1) is 0 Å². The first-order valence-corrected chi connectivity index (χ1v) is 8.28. The van der Waals surface area contributed by atoms with Crippen molar-refractivity contribution in [1.29, 1.82) is 0 Å². The lowest BCUT2D eigenvalue weighted by Crippen LogP contribution is -2.42. The summed E-state index contributed by atoms with van der Waals surface area (Å²) in [6.45, 7) is 0. The van der Waals surface area contributed by atoms with Gasteiger partial charge in [0.25, 0.3) is 5.91 Å². The van der Waals surface area contributed by atoms with Crippen LogP contribution in [0.3, 0.4) is 0 Å². The van der Waals surface area contributed by atoms with E-state index in [0.717, 1.165) is 19.3 Å². The average Bonchev–Trinajstić information content (AvgIpc) is 3.27. The van der Waals surface area contributed by atoms with Crippen molar-refractivity contribution in [2.45, 2.75) is 43.6 Å². The number of furan rings is 1. The van der Waals surface area contributed by atoms with Crippen LogP contribution >= 0.6 is 0 Å². The van der Waals surface area contributed by atoms with Crippen molar-refractivity contribution in [3.8, 4) is 0 Å². The maximum atomic E-state index is 12.4. The number of rotatable bonds is 3. The third-order valence-electron chi connectivity index (χ3n) is 4.89. The maximum Gasteiger partial charge on any atom is 0.471 e. The molecule has 1 aromatic carbocycles. The van der Waals surface area contributed by atoms with Gasteiger partial charge in [-0.25, -0.2) is 0 Å². The van der Waals surface area contributed by atoms with E-state index in [0.29, 0.717) is 23.0 Å². The number of halogens is 3. The minimum absolute atomic E-state index is 0.0860. The van der Waals surface area contributed by atoms with Gasteiger partial charge in [0.05, 0.1) is 0 Å². The van der Waals surface area contributed by atoms with Gasteiger partial charge < -0.3 is 15.1 Å². The maximum absolute atomic E-state index is 12.4. The number of hydrogen-bond acceptors (Lipinski definition) is 4. The minimum atomic E-state index is -5.00. The van der Waals surface area contributed by atoms with Crippen LogP contribution in [0.1, 0.15) is 29.6 Å². The fourth-order valence-corrected chi connectivity index (χ4v) is 3.66. The number of benzene rings is 1. The molecule has 2 fully saturated rings. The summed E-state index contributed by atoms with van der Waals surface area (Å²) in [6, 6.07) is 6.66. The Bertz CT molecular complexity index is 877. The number of alkyl halides is 3. The Morgan fingerprint density at radius 3 is 2.65 bits per heavy atom. The third-order valence-corrected chi connectivity index (χ3v) is 4.89. The molecule has 0 saturated carbocycles. The zero-order valence-electron chi connectivity index (χ0n) is 13.5. The summed E-state index contributed by atoms with van der Waals surface area (Å²) < 4.78 is 42.1.